The molecule has 2 aliphatic rings. The molecule has 0 radical (unpaired) electrons. The third-order valence-corrected chi connectivity index (χ3v) is 9.47. The number of carbonyl (C=O) groups is 2. The third kappa shape index (κ3) is 7.12. The minimum absolute atomic E-state index is 0.167. The van der Waals surface area contributed by atoms with Gasteiger partial charge >= 0.3 is 0 Å². The van der Waals surface area contributed by atoms with Crippen molar-refractivity contribution in [3.05, 3.63) is 24.3 Å². The van der Waals surface area contributed by atoms with Gasteiger partial charge in [0.15, 0.2) is 5.12 Å². The number of hydrogen-bond acceptors (Lipinski definition) is 3. The summed E-state index contributed by atoms with van der Waals surface area (Å²) in [6, 6.07) is 7.95. The molecule has 0 atom stereocenters. The van der Waals surface area contributed by atoms with Gasteiger partial charge < -0.3 is 5.32 Å². The Bertz CT molecular complexity index is 737. The van der Waals surface area contributed by atoms with Gasteiger partial charge in [-0.05, 0) is 87.1 Å². The Hall–Kier alpha value is -1.29. The summed E-state index contributed by atoms with van der Waals surface area (Å²) < 4.78 is 0. The summed E-state index contributed by atoms with van der Waals surface area (Å²) in [6.07, 6.45) is 15.2. The van der Waals surface area contributed by atoms with Gasteiger partial charge in [0, 0.05) is 15.7 Å². The maximum atomic E-state index is 13.7. The lowest BCUT2D eigenvalue weighted by Crippen LogP contribution is -2.38. The number of nitrogens with one attached hydrogen (secondary N) is 1. The molecule has 1 aromatic rings. The molecule has 3 nitrogen and oxygen atoms in total. The number of carbonyl (C=O) groups excluding carboxylic acids is 2. The molecule has 2 fully saturated rings. The highest BCUT2D eigenvalue weighted by atomic mass is 32.2. The van der Waals surface area contributed by atoms with E-state index in [1.165, 1.54) is 24.6 Å². The number of amides is 1. The minimum Gasteiger partial charge on any atom is -0.325 e. The normalized spacial score (nSPS) is 19.8. The first-order valence-corrected chi connectivity index (χ1v) is 14.7. The molecular weight excluding hydrogens is 438 g/mol. The smallest absolute Gasteiger partial charge is 0.230 e. The van der Waals surface area contributed by atoms with Gasteiger partial charge in [0.25, 0.3) is 0 Å². The van der Waals surface area contributed by atoms with Crippen LogP contribution in [0.25, 0.3) is 0 Å². The number of rotatable bonds is 10. The van der Waals surface area contributed by atoms with Crippen molar-refractivity contribution < 1.29 is 9.59 Å². The van der Waals surface area contributed by atoms with Crippen LogP contribution in [0, 0.1) is 22.7 Å². The summed E-state index contributed by atoms with van der Waals surface area (Å²) in [7, 11) is 0. The summed E-state index contributed by atoms with van der Waals surface area (Å²) in [5.74, 6) is 1.38. The zero-order chi connectivity index (χ0) is 24.6. The van der Waals surface area contributed by atoms with Crippen molar-refractivity contribution in [1.29, 1.82) is 0 Å². The van der Waals surface area contributed by atoms with Crippen LogP contribution in [-0.2, 0) is 9.59 Å². The molecule has 2 aliphatic carbocycles. The molecule has 2 saturated carbocycles. The van der Waals surface area contributed by atoms with Crippen molar-refractivity contribution in [2.45, 2.75) is 122 Å². The first kappa shape index (κ1) is 27.3. The van der Waals surface area contributed by atoms with E-state index in [1.807, 2.05) is 24.3 Å². The molecular formula is C30H47NO2S. The Morgan fingerprint density at radius 2 is 1.29 bits per heavy atom. The van der Waals surface area contributed by atoms with E-state index in [2.05, 4.69) is 33.0 Å². The summed E-state index contributed by atoms with van der Waals surface area (Å²) in [6.45, 7) is 8.98. The number of hydrogen-bond donors (Lipinski definition) is 1. The molecule has 0 unspecified atom stereocenters. The Kier molecular flexibility index (Phi) is 10.1. The maximum absolute atomic E-state index is 13.7. The molecule has 1 amide bonds. The first-order valence-electron chi connectivity index (χ1n) is 13.9. The fourth-order valence-corrected chi connectivity index (χ4v) is 6.95. The summed E-state index contributed by atoms with van der Waals surface area (Å²) in [5, 5.41) is 3.61. The van der Waals surface area contributed by atoms with Crippen LogP contribution in [0.4, 0.5) is 5.69 Å². The molecule has 1 aromatic carbocycles. The molecule has 34 heavy (non-hydrogen) atoms. The third-order valence-electron chi connectivity index (χ3n) is 8.27. The summed E-state index contributed by atoms with van der Waals surface area (Å²) in [5.41, 5.74) is 0.355. The molecule has 3 rings (SSSR count). The van der Waals surface area contributed by atoms with Gasteiger partial charge in [-0.15, -0.1) is 0 Å². The Labute approximate surface area is 212 Å². The van der Waals surface area contributed by atoms with Gasteiger partial charge in [-0.25, -0.2) is 0 Å². The Balaban J connectivity index is 1.76. The lowest BCUT2D eigenvalue weighted by atomic mass is 9.69. The van der Waals surface area contributed by atoms with Gasteiger partial charge in [-0.3, -0.25) is 9.59 Å². The number of benzene rings is 1. The average Bonchev–Trinajstić information content (AvgIpc) is 2.83. The van der Waals surface area contributed by atoms with Crippen molar-refractivity contribution in [3.8, 4) is 0 Å². The highest BCUT2D eigenvalue weighted by molar-refractivity contribution is 8.13. The van der Waals surface area contributed by atoms with Crippen molar-refractivity contribution in [2.75, 3.05) is 5.32 Å². The van der Waals surface area contributed by atoms with Crippen LogP contribution >= 0.6 is 11.8 Å². The number of thioether (sulfide) groups is 1. The SMILES string of the molecule is CC(C)CCC1(C(=O)Nc2ccccc2SC(=O)C2(CCC(C)C)CCCCC2)CCCCC1. The Morgan fingerprint density at radius 3 is 1.85 bits per heavy atom. The van der Waals surface area contributed by atoms with Gasteiger partial charge in [-0.1, -0.05) is 78.4 Å². The van der Waals surface area contributed by atoms with Crippen LogP contribution in [0.2, 0.25) is 0 Å². The quantitative estimate of drug-likeness (QED) is 0.336. The van der Waals surface area contributed by atoms with E-state index in [0.29, 0.717) is 17.0 Å². The van der Waals surface area contributed by atoms with E-state index in [1.54, 1.807) is 0 Å². The molecule has 0 bridgehead atoms. The Morgan fingerprint density at radius 1 is 0.794 bits per heavy atom. The van der Waals surface area contributed by atoms with Crippen LogP contribution in [0.15, 0.2) is 29.2 Å². The molecule has 190 valence electrons. The first-order chi connectivity index (χ1) is 16.3. The fraction of sp³-hybridized carbons (Fsp3) is 0.733. The van der Waals surface area contributed by atoms with Crippen LogP contribution in [0.3, 0.4) is 0 Å². The predicted octanol–water partition coefficient (Wildman–Crippen LogP) is 9.02. The fourth-order valence-electron chi connectivity index (χ4n) is 5.86. The second-order valence-electron chi connectivity index (χ2n) is 11.9. The highest BCUT2D eigenvalue weighted by Gasteiger charge is 2.41. The van der Waals surface area contributed by atoms with Gasteiger partial charge in [0.05, 0.1) is 5.69 Å². The maximum Gasteiger partial charge on any atom is 0.230 e. The number of anilines is 1. The molecule has 0 spiro atoms. The van der Waals surface area contributed by atoms with Crippen molar-refractivity contribution in [3.63, 3.8) is 0 Å². The van der Waals surface area contributed by atoms with E-state index in [4.69, 9.17) is 0 Å². The van der Waals surface area contributed by atoms with Crippen LogP contribution < -0.4 is 5.32 Å². The van der Waals surface area contributed by atoms with Crippen molar-refractivity contribution >= 4 is 28.5 Å². The van der Waals surface area contributed by atoms with E-state index in [9.17, 15) is 9.59 Å². The topological polar surface area (TPSA) is 46.2 Å². The standard InChI is InChI=1S/C30H47NO2S/c1-23(2)15-21-29(17-9-5-10-18-29)27(32)31-25-13-7-8-14-26(25)34-28(33)30(22-16-24(3)4)19-11-6-12-20-30/h7-8,13-14,23-24H,5-6,9-12,15-22H2,1-4H3,(H,31,32). The largest absolute Gasteiger partial charge is 0.325 e. The van der Waals surface area contributed by atoms with E-state index < -0.39 is 0 Å². The van der Waals surface area contributed by atoms with Crippen LogP contribution in [-0.4, -0.2) is 11.0 Å². The second-order valence-corrected chi connectivity index (χ2v) is 12.9. The zero-order valence-corrected chi connectivity index (χ0v) is 22.9. The van der Waals surface area contributed by atoms with Crippen molar-refractivity contribution in [1.82, 2.24) is 0 Å². The highest BCUT2D eigenvalue weighted by Crippen LogP contribution is 2.47. The van der Waals surface area contributed by atoms with E-state index >= 15 is 0 Å². The molecule has 4 heteroatoms. The molecule has 1 N–H and O–H groups in total. The average molecular weight is 486 g/mol. The van der Waals surface area contributed by atoms with Crippen LogP contribution in [0.1, 0.15) is 118 Å². The number of para-hydroxylation sites is 1. The molecule has 0 heterocycles. The van der Waals surface area contributed by atoms with E-state index in [0.717, 1.165) is 87.6 Å². The summed E-state index contributed by atoms with van der Waals surface area (Å²) >= 11 is 1.38. The lowest BCUT2D eigenvalue weighted by molar-refractivity contribution is -0.128. The lowest BCUT2D eigenvalue weighted by Gasteiger charge is -2.37. The van der Waals surface area contributed by atoms with Crippen molar-refractivity contribution in [2.24, 2.45) is 22.7 Å². The van der Waals surface area contributed by atoms with Gasteiger partial charge in [0.1, 0.15) is 0 Å². The monoisotopic (exact) mass is 485 g/mol. The van der Waals surface area contributed by atoms with Gasteiger partial charge in [0.2, 0.25) is 5.91 Å². The summed E-state index contributed by atoms with van der Waals surface area (Å²) in [4.78, 5) is 28.3. The zero-order valence-electron chi connectivity index (χ0n) is 22.1. The van der Waals surface area contributed by atoms with Gasteiger partial charge in [-0.2, -0.15) is 0 Å². The van der Waals surface area contributed by atoms with E-state index in [-0.39, 0.29) is 16.7 Å². The molecule has 0 aromatic heterocycles. The molecule has 0 saturated heterocycles. The van der Waals surface area contributed by atoms with Crippen LogP contribution in [0.5, 0.6) is 0 Å². The predicted molar refractivity (Wildman–Crippen MR) is 145 cm³/mol. The minimum atomic E-state index is -0.258. The second kappa shape index (κ2) is 12.6. The molecule has 0 aliphatic heterocycles.